The molecule has 3 fully saturated rings. The number of hydrogen-bond acceptors (Lipinski definition) is 8. The predicted molar refractivity (Wildman–Crippen MR) is 133 cm³/mol. The Kier molecular flexibility index (Phi) is 4.59. The van der Waals surface area contributed by atoms with E-state index in [1.807, 2.05) is 27.7 Å². The van der Waals surface area contributed by atoms with E-state index >= 15 is 0 Å². The van der Waals surface area contributed by atoms with Crippen LogP contribution in [0.3, 0.4) is 0 Å². The summed E-state index contributed by atoms with van der Waals surface area (Å²) < 4.78 is 11.9. The minimum atomic E-state index is -1.34. The number of hydrogen-bond donors (Lipinski definition) is 3. The summed E-state index contributed by atoms with van der Waals surface area (Å²) in [7, 11) is 0. The van der Waals surface area contributed by atoms with Crippen molar-refractivity contribution in [3.8, 4) is 0 Å². The first-order valence-electron chi connectivity index (χ1n) is 14.2. The average Bonchev–Trinajstić information content (AvgIpc) is 3.42. The molecule has 2 bridgehead atoms. The minimum absolute atomic E-state index is 0.0880. The molecule has 0 aromatic rings. The third-order valence-corrected chi connectivity index (χ3v) is 12.2. The van der Waals surface area contributed by atoms with Crippen molar-refractivity contribution in [1.82, 2.24) is 0 Å². The standard InChI is InChI=1S/C30H38O8/c1-11-13-7-9-27(3,35)15-17(21(13)37-25(11)33)30(6)23-20(31)16-18(29(23,5)19(15)24(30)32)22-14(8-10-28(16,4)36)12(2)26(34)38-22/h11-14,19-23,31,35-36H,7-10H2,1-6H3/t11-,12-,13-,14-,19-,20+,21-,22-,23+,27-,28-,29-,30-/m0/s1. The van der Waals surface area contributed by atoms with Crippen LogP contribution in [0.5, 0.6) is 0 Å². The van der Waals surface area contributed by atoms with Gasteiger partial charge in [-0.2, -0.15) is 0 Å². The van der Waals surface area contributed by atoms with Crippen LogP contribution in [-0.4, -0.2) is 62.6 Å². The fourth-order valence-electron chi connectivity index (χ4n) is 10.4. The summed E-state index contributed by atoms with van der Waals surface area (Å²) in [6.45, 7) is 10.9. The van der Waals surface area contributed by atoms with Crippen LogP contribution in [0.4, 0.5) is 0 Å². The lowest BCUT2D eigenvalue weighted by molar-refractivity contribution is -0.144. The van der Waals surface area contributed by atoms with E-state index in [0.717, 1.165) is 0 Å². The lowest BCUT2D eigenvalue weighted by Crippen LogP contribution is -2.49. The molecule has 0 aromatic carbocycles. The Bertz CT molecular complexity index is 1270. The molecule has 0 spiro atoms. The van der Waals surface area contributed by atoms with Gasteiger partial charge < -0.3 is 24.8 Å². The van der Waals surface area contributed by atoms with E-state index in [2.05, 4.69) is 0 Å². The Morgan fingerprint density at radius 1 is 0.737 bits per heavy atom. The average molecular weight is 527 g/mol. The van der Waals surface area contributed by atoms with Crippen molar-refractivity contribution >= 4 is 17.7 Å². The quantitative estimate of drug-likeness (QED) is 0.324. The third kappa shape index (κ3) is 2.48. The normalized spacial score (nSPS) is 56.7. The van der Waals surface area contributed by atoms with E-state index in [0.29, 0.717) is 48.0 Å². The van der Waals surface area contributed by atoms with Crippen LogP contribution < -0.4 is 0 Å². The van der Waals surface area contributed by atoms with Gasteiger partial charge in [-0.3, -0.25) is 14.4 Å². The highest BCUT2D eigenvalue weighted by molar-refractivity contribution is 6.02. The second-order valence-electron chi connectivity index (χ2n) is 14.1. The number of Topliss-reactive ketones (excluding diaryl/α,β-unsaturated/α-hetero) is 1. The molecule has 0 radical (unpaired) electrons. The molecule has 8 heteroatoms. The summed E-state index contributed by atoms with van der Waals surface area (Å²) >= 11 is 0. The number of rotatable bonds is 0. The van der Waals surface area contributed by atoms with Gasteiger partial charge in [-0.1, -0.05) is 20.8 Å². The maximum atomic E-state index is 14.5. The molecule has 1 saturated carbocycles. The lowest BCUT2D eigenvalue weighted by Gasteiger charge is -2.48. The summed E-state index contributed by atoms with van der Waals surface area (Å²) in [6, 6.07) is 0. The highest BCUT2D eigenvalue weighted by Gasteiger charge is 2.80. The highest BCUT2D eigenvalue weighted by atomic mass is 16.6. The van der Waals surface area contributed by atoms with Crippen molar-refractivity contribution in [3.63, 3.8) is 0 Å². The van der Waals surface area contributed by atoms with Gasteiger partial charge in [0.05, 0.1) is 40.5 Å². The topological polar surface area (TPSA) is 130 Å². The molecule has 2 aliphatic heterocycles. The zero-order valence-corrected chi connectivity index (χ0v) is 22.9. The van der Waals surface area contributed by atoms with Crippen molar-refractivity contribution in [2.45, 2.75) is 96.7 Å². The van der Waals surface area contributed by atoms with Crippen molar-refractivity contribution in [3.05, 3.63) is 22.3 Å². The number of ketones is 1. The number of esters is 2. The van der Waals surface area contributed by atoms with Gasteiger partial charge in [0.1, 0.15) is 12.2 Å². The van der Waals surface area contributed by atoms with E-state index < -0.39 is 52.2 Å². The largest absolute Gasteiger partial charge is 0.457 e. The summed E-state index contributed by atoms with van der Waals surface area (Å²) in [5.74, 6) is -3.14. The second kappa shape index (κ2) is 6.99. The zero-order chi connectivity index (χ0) is 27.5. The molecule has 7 rings (SSSR count). The summed E-state index contributed by atoms with van der Waals surface area (Å²) in [5.41, 5.74) is -2.43. The van der Waals surface area contributed by atoms with Crippen LogP contribution in [0.25, 0.3) is 0 Å². The fraction of sp³-hybridized carbons (Fsp3) is 0.767. The summed E-state index contributed by atoms with van der Waals surface area (Å²) in [6.07, 6.45) is -0.515. The van der Waals surface area contributed by atoms with Gasteiger partial charge in [0.25, 0.3) is 0 Å². The molecule has 2 saturated heterocycles. The van der Waals surface area contributed by atoms with Gasteiger partial charge >= 0.3 is 11.9 Å². The number of ether oxygens (including phenoxy) is 2. The predicted octanol–water partition coefficient (Wildman–Crippen LogP) is 2.24. The molecule has 206 valence electrons. The zero-order valence-electron chi connectivity index (χ0n) is 22.9. The maximum absolute atomic E-state index is 14.5. The molecule has 3 N–H and O–H groups in total. The maximum Gasteiger partial charge on any atom is 0.309 e. The molecular weight excluding hydrogens is 488 g/mol. The third-order valence-electron chi connectivity index (χ3n) is 12.2. The van der Waals surface area contributed by atoms with Crippen molar-refractivity contribution in [2.75, 3.05) is 0 Å². The van der Waals surface area contributed by atoms with Crippen LogP contribution >= 0.6 is 0 Å². The summed E-state index contributed by atoms with van der Waals surface area (Å²) in [5, 5.41) is 35.8. The van der Waals surface area contributed by atoms with E-state index in [4.69, 9.17) is 9.47 Å². The van der Waals surface area contributed by atoms with Crippen LogP contribution in [0.1, 0.15) is 67.2 Å². The van der Waals surface area contributed by atoms with Gasteiger partial charge in [0, 0.05) is 23.2 Å². The van der Waals surface area contributed by atoms with E-state index in [9.17, 15) is 29.7 Å². The van der Waals surface area contributed by atoms with Crippen LogP contribution in [0, 0.1) is 46.3 Å². The molecular formula is C30H38O8. The molecule has 13 atom stereocenters. The monoisotopic (exact) mass is 526 g/mol. The Labute approximate surface area is 222 Å². The first-order chi connectivity index (χ1) is 17.6. The molecule has 0 amide bonds. The molecule has 0 unspecified atom stereocenters. The van der Waals surface area contributed by atoms with E-state index in [1.165, 1.54) is 0 Å². The molecule has 7 aliphatic rings. The van der Waals surface area contributed by atoms with Crippen LogP contribution in [-0.2, 0) is 23.9 Å². The SMILES string of the molecule is C[C@@H]1C(=O)O[C@@H]2C3=C([C@H]4C(=O)[C@]3(C)[C@@H]3[C@H](O)C5=C([C@H]6OC(=O)[C@@H](C)[C@@H]6CC[C@]5(C)O)[C@@]43C)[C@@](C)(O)CC[C@@H]12. The van der Waals surface area contributed by atoms with Crippen LogP contribution in [0.15, 0.2) is 22.3 Å². The van der Waals surface area contributed by atoms with Gasteiger partial charge in [0.15, 0.2) is 5.78 Å². The fourth-order valence-corrected chi connectivity index (χ4v) is 10.4. The first kappa shape index (κ1) is 25.0. The molecule has 5 aliphatic carbocycles. The van der Waals surface area contributed by atoms with E-state index in [-0.39, 0.29) is 41.4 Å². The second-order valence-corrected chi connectivity index (χ2v) is 14.1. The Balaban J connectivity index is 1.49. The van der Waals surface area contributed by atoms with Gasteiger partial charge in [-0.05, 0) is 68.7 Å². The highest BCUT2D eigenvalue weighted by Crippen LogP contribution is 2.77. The molecule has 0 aromatic heterocycles. The minimum Gasteiger partial charge on any atom is -0.457 e. The number of fused-ring (bicyclic) bond motifs is 12. The first-order valence-corrected chi connectivity index (χ1v) is 14.2. The molecule has 2 heterocycles. The van der Waals surface area contributed by atoms with Gasteiger partial charge in [-0.25, -0.2) is 0 Å². The van der Waals surface area contributed by atoms with Crippen molar-refractivity contribution in [1.29, 1.82) is 0 Å². The van der Waals surface area contributed by atoms with E-state index in [1.54, 1.807) is 13.8 Å². The summed E-state index contributed by atoms with van der Waals surface area (Å²) in [4.78, 5) is 40.0. The number of aliphatic hydroxyl groups is 3. The number of carbonyl (C=O) groups is 3. The Morgan fingerprint density at radius 3 is 1.74 bits per heavy atom. The van der Waals surface area contributed by atoms with Gasteiger partial charge in [0.2, 0.25) is 0 Å². The number of carbonyl (C=O) groups excluding carboxylic acids is 3. The lowest BCUT2D eigenvalue weighted by atomic mass is 9.56. The Hall–Kier alpha value is -2.03. The van der Waals surface area contributed by atoms with Gasteiger partial charge in [-0.15, -0.1) is 0 Å². The molecule has 38 heavy (non-hydrogen) atoms. The van der Waals surface area contributed by atoms with Crippen molar-refractivity contribution < 1.29 is 39.2 Å². The van der Waals surface area contributed by atoms with Crippen molar-refractivity contribution in [2.24, 2.45) is 46.3 Å². The smallest absolute Gasteiger partial charge is 0.309 e. The van der Waals surface area contributed by atoms with Crippen LogP contribution in [0.2, 0.25) is 0 Å². The number of aliphatic hydroxyl groups excluding tert-OH is 1. The Morgan fingerprint density at radius 2 is 1.21 bits per heavy atom. The molecule has 8 nitrogen and oxygen atoms in total.